The molecule has 0 atom stereocenters. The van der Waals surface area contributed by atoms with Crippen LogP contribution in [0.3, 0.4) is 0 Å². The molecule has 7 nitrogen and oxygen atoms in total. The van der Waals surface area contributed by atoms with Crippen LogP contribution in [0.15, 0.2) is 35.0 Å². The zero-order valence-electron chi connectivity index (χ0n) is 10.8. The Hall–Kier alpha value is -2.70. The summed E-state index contributed by atoms with van der Waals surface area (Å²) in [5, 5.41) is 12.2. The van der Waals surface area contributed by atoms with Gasteiger partial charge in [0.05, 0.1) is 12.2 Å². The Balaban J connectivity index is 2.14. The number of carbonyl (C=O) groups excluding carboxylic acids is 1. The second kappa shape index (κ2) is 5.96. The van der Waals surface area contributed by atoms with Gasteiger partial charge in [0.25, 0.3) is 5.91 Å². The van der Waals surface area contributed by atoms with Crippen molar-refractivity contribution in [3.8, 4) is 0 Å². The summed E-state index contributed by atoms with van der Waals surface area (Å²) in [6.45, 7) is 2.59. The number of pyridine rings is 1. The Morgan fingerprint density at radius 3 is 2.75 bits per heavy atom. The molecule has 0 radical (unpaired) electrons. The number of hydrogen-bond donors (Lipinski definition) is 1. The number of aromatic nitrogens is 2. The lowest BCUT2D eigenvalue weighted by atomic mass is 10.3. The highest BCUT2D eigenvalue weighted by Crippen LogP contribution is 2.09. The molecule has 0 saturated heterocycles. The summed E-state index contributed by atoms with van der Waals surface area (Å²) in [4.78, 5) is 28.5. The molecule has 0 aliphatic carbocycles. The molecule has 0 spiro atoms. The predicted octanol–water partition coefficient (Wildman–Crippen LogP) is 1.43. The number of nitrogens with zero attached hydrogens (tertiary/aromatic N) is 3. The van der Waals surface area contributed by atoms with E-state index in [1.54, 1.807) is 18.3 Å². The van der Waals surface area contributed by atoms with Crippen LogP contribution in [0, 0.1) is 0 Å². The highest BCUT2D eigenvalue weighted by Gasteiger charge is 2.21. The molecule has 0 unspecified atom stereocenters. The number of aromatic carboxylic acids is 1. The van der Waals surface area contributed by atoms with Crippen molar-refractivity contribution in [2.75, 3.05) is 6.54 Å². The van der Waals surface area contributed by atoms with E-state index in [0.717, 1.165) is 11.8 Å². The van der Waals surface area contributed by atoms with Gasteiger partial charge in [0.1, 0.15) is 0 Å². The maximum atomic E-state index is 12.2. The van der Waals surface area contributed by atoms with E-state index in [4.69, 9.17) is 5.11 Å². The summed E-state index contributed by atoms with van der Waals surface area (Å²) < 4.78 is 4.58. The summed E-state index contributed by atoms with van der Waals surface area (Å²) >= 11 is 0. The molecule has 1 amide bonds. The van der Waals surface area contributed by atoms with Crippen LogP contribution in [0.1, 0.15) is 33.7 Å². The quantitative estimate of drug-likeness (QED) is 0.886. The van der Waals surface area contributed by atoms with E-state index in [2.05, 4.69) is 14.7 Å². The van der Waals surface area contributed by atoms with Gasteiger partial charge in [-0.05, 0) is 19.1 Å². The van der Waals surface area contributed by atoms with Gasteiger partial charge in [-0.2, -0.15) is 0 Å². The van der Waals surface area contributed by atoms with Crippen molar-refractivity contribution in [2.24, 2.45) is 0 Å². The molecule has 2 heterocycles. The largest absolute Gasteiger partial charge is 0.475 e. The minimum absolute atomic E-state index is 0.0276. The molecule has 104 valence electrons. The molecule has 0 bridgehead atoms. The van der Waals surface area contributed by atoms with Gasteiger partial charge >= 0.3 is 5.97 Å². The topological polar surface area (TPSA) is 96.5 Å². The van der Waals surface area contributed by atoms with Crippen molar-refractivity contribution < 1.29 is 19.2 Å². The molecule has 2 aromatic heterocycles. The first kappa shape index (κ1) is 13.7. The summed E-state index contributed by atoms with van der Waals surface area (Å²) in [6, 6.07) is 6.55. The highest BCUT2D eigenvalue weighted by atomic mass is 16.5. The Morgan fingerprint density at radius 2 is 2.20 bits per heavy atom. The first-order chi connectivity index (χ1) is 9.61. The van der Waals surface area contributed by atoms with E-state index in [1.165, 1.54) is 4.90 Å². The average molecular weight is 275 g/mol. The number of carboxylic acids is 1. The lowest BCUT2D eigenvalue weighted by Crippen LogP contribution is -2.30. The maximum absolute atomic E-state index is 12.2. The lowest BCUT2D eigenvalue weighted by molar-refractivity contribution is 0.0648. The average Bonchev–Trinajstić information content (AvgIpc) is 2.95. The minimum Gasteiger partial charge on any atom is -0.475 e. The maximum Gasteiger partial charge on any atom is 0.374 e. The summed E-state index contributed by atoms with van der Waals surface area (Å²) in [5.74, 6) is -2.01. The first-order valence-corrected chi connectivity index (χ1v) is 6.01. The molecule has 0 aliphatic heterocycles. The molecule has 20 heavy (non-hydrogen) atoms. The molecule has 0 aromatic carbocycles. The van der Waals surface area contributed by atoms with Gasteiger partial charge in [0.15, 0.2) is 5.69 Å². The summed E-state index contributed by atoms with van der Waals surface area (Å²) in [5.41, 5.74) is 0.713. The van der Waals surface area contributed by atoms with E-state index < -0.39 is 11.9 Å². The van der Waals surface area contributed by atoms with Gasteiger partial charge in [0, 0.05) is 18.8 Å². The highest BCUT2D eigenvalue weighted by molar-refractivity contribution is 5.94. The van der Waals surface area contributed by atoms with Gasteiger partial charge in [0.2, 0.25) is 5.76 Å². The van der Waals surface area contributed by atoms with Gasteiger partial charge in [-0.1, -0.05) is 11.2 Å². The normalized spacial score (nSPS) is 10.2. The van der Waals surface area contributed by atoms with Crippen LogP contribution < -0.4 is 0 Å². The van der Waals surface area contributed by atoms with E-state index in [0.29, 0.717) is 13.1 Å². The molecule has 1 N–H and O–H groups in total. The van der Waals surface area contributed by atoms with Gasteiger partial charge in [-0.15, -0.1) is 0 Å². The Bertz CT molecular complexity index is 609. The van der Waals surface area contributed by atoms with Crippen LogP contribution in [0.4, 0.5) is 0 Å². The standard InChI is InChI=1S/C13H13N3O4/c1-2-16(8-9-5-3-4-6-14-9)12(17)10-7-11(13(18)19)20-15-10/h3-7H,2,8H2,1H3,(H,18,19). The molecule has 0 aliphatic rings. The van der Waals surface area contributed by atoms with E-state index in [1.807, 2.05) is 13.0 Å². The van der Waals surface area contributed by atoms with E-state index in [9.17, 15) is 9.59 Å². The molecule has 0 saturated carbocycles. The zero-order valence-corrected chi connectivity index (χ0v) is 10.8. The van der Waals surface area contributed by atoms with Crippen molar-refractivity contribution in [1.29, 1.82) is 0 Å². The Labute approximate surface area is 114 Å². The van der Waals surface area contributed by atoms with Gasteiger partial charge in [-0.25, -0.2) is 4.79 Å². The summed E-state index contributed by atoms with van der Waals surface area (Å²) in [7, 11) is 0. The van der Waals surface area contributed by atoms with E-state index >= 15 is 0 Å². The van der Waals surface area contributed by atoms with Crippen LogP contribution >= 0.6 is 0 Å². The van der Waals surface area contributed by atoms with Crippen LogP contribution in [0.2, 0.25) is 0 Å². The number of carboxylic acid groups (broad SMARTS) is 1. The second-order valence-electron chi connectivity index (χ2n) is 4.02. The van der Waals surface area contributed by atoms with Crippen LogP contribution in [0.25, 0.3) is 0 Å². The van der Waals surface area contributed by atoms with E-state index in [-0.39, 0.29) is 11.5 Å². The lowest BCUT2D eigenvalue weighted by Gasteiger charge is -2.18. The van der Waals surface area contributed by atoms with Crippen LogP contribution in [-0.2, 0) is 6.54 Å². The number of hydrogen-bond acceptors (Lipinski definition) is 5. The third-order valence-electron chi connectivity index (χ3n) is 2.69. The van der Waals surface area contributed by atoms with Crippen LogP contribution in [-0.4, -0.2) is 38.6 Å². The molecule has 7 heteroatoms. The number of carbonyl (C=O) groups is 2. The SMILES string of the molecule is CCN(Cc1ccccn1)C(=O)c1cc(C(=O)O)on1. The first-order valence-electron chi connectivity index (χ1n) is 6.01. The van der Waals surface area contributed by atoms with Crippen molar-refractivity contribution in [3.05, 3.63) is 47.6 Å². The predicted molar refractivity (Wildman–Crippen MR) is 68.1 cm³/mol. The molecule has 2 aromatic rings. The van der Waals surface area contributed by atoms with Crippen LogP contribution in [0.5, 0.6) is 0 Å². The third-order valence-corrected chi connectivity index (χ3v) is 2.69. The van der Waals surface area contributed by atoms with Crippen molar-refractivity contribution >= 4 is 11.9 Å². The molecular formula is C13H13N3O4. The molecule has 2 rings (SSSR count). The Kier molecular flexibility index (Phi) is 4.09. The fourth-order valence-corrected chi connectivity index (χ4v) is 1.65. The fraction of sp³-hybridized carbons (Fsp3) is 0.231. The van der Waals surface area contributed by atoms with Crippen molar-refractivity contribution in [2.45, 2.75) is 13.5 Å². The van der Waals surface area contributed by atoms with Crippen molar-refractivity contribution in [1.82, 2.24) is 15.0 Å². The van der Waals surface area contributed by atoms with Crippen molar-refractivity contribution in [3.63, 3.8) is 0 Å². The smallest absolute Gasteiger partial charge is 0.374 e. The fourth-order valence-electron chi connectivity index (χ4n) is 1.65. The second-order valence-corrected chi connectivity index (χ2v) is 4.02. The monoisotopic (exact) mass is 275 g/mol. The minimum atomic E-state index is -1.26. The van der Waals surface area contributed by atoms with Gasteiger partial charge in [-0.3, -0.25) is 9.78 Å². The summed E-state index contributed by atoms with van der Waals surface area (Å²) in [6.07, 6.45) is 1.65. The molecular weight excluding hydrogens is 262 g/mol. The number of rotatable bonds is 5. The molecule has 0 fully saturated rings. The third kappa shape index (κ3) is 3.00. The number of amides is 1. The zero-order chi connectivity index (χ0) is 14.5. The Morgan fingerprint density at radius 1 is 1.40 bits per heavy atom. The van der Waals surface area contributed by atoms with Gasteiger partial charge < -0.3 is 14.5 Å².